The number of rotatable bonds is 4. The number of hydrogen-bond donors (Lipinski definition) is 1. The summed E-state index contributed by atoms with van der Waals surface area (Å²) in [5.74, 6) is 0. The van der Waals surface area contributed by atoms with Gasteiger partial charge in [0.1, 0.15) is 0 Å². The number of benzene rings is 1. The van der Waals surface area contributed by atoms with E-state index in [2.05, 4.69) is 0 Å². The molecule has 0 heterocycles. The Bertz CT molecular complexity index is 372. The highest BCUT2D eigenvalue weighted by Gasteiger charge is 2.16. The van der Waals surface area contributed by atoms with Gasteiger partial charge in [-0.1, -0.05) is 18.5 Å². The maximum Gasteiger partial charge on any atom is 0.284 e. The van der Waals surface area contributed by atoms with Crippen LogP contribution in [0.4, 0.5) is 5.69 Å². The van der Waals surface area contributed by atoms with E-state index in [0.29, 0.717) is 9.92 Å². The first-order chi connectivity index (χ1) is 7.04. The first kappa shape index (κ1) is 12.3. The zero-order chi connectivity index (χ0) is 11.4. The summed E-state index contributed by atoms with van der Waals surface area (Å²) in [4.78, 5) is 10.8. The van der Waals surface area contributed by atoms with Gasteiger partial charge in [-0.2, -0.15) is 0 Å². The van der Waals surface area contributed by atoms with E-state index in [1.165, 1.54) is 17.8 Å². The molecule has 0 radical (unpaired) electrons. The SMILES string of the molecule is CC(CO)Sc1ccc(Cl)cc1[N+](=O)[O-]. The monoisotopic (exact) mass is 247 g/mol. The Kier molecular flexibility index (Phi) is 4.38. The lowest BCUT2D eigenvalue weighted by Gasteiger charge is -2.07. The van der Waals surface area contributed by atoms with E-state index >= 15 is 0 Å². The molecule has 82 valence electrons. The molecule has 0 aliphatic rings. The van der Waals surface area contributed by atoms with Gasteiger partial charge in [-0.25, -0.2) is 0 Å². The molecule has 1 rings (SSSR count). The standard InChI is InChI=1S/C9H10ClNO3S/c1-6(5-12)15-9-3-2-7(10)4-8(9)11(13)14/h2-4,6,12H,5H2,1H3. The molecule has 1 aromatic rings. The van der Waals surface area contributed by atoms with E-state index in [4.69, 9.17) is 16.7 Å². The highest BCUT2D eigenvalue weighted by molar-refractivity contribution is 8.00. The zero-order valence-electron chi connectivity index (χ0n) is 8.01. The van der Waals surface area contributed by atoms with Crippen molar-refractivity contribution in [2.45, 2.75) is 17.1 Å². The molecular weight excluding hydrogens is 238 g/mol. The summed E-state index contributed by atoms with van der Waals surface area (Å²) >= 11 is 6.93. The van der Waals surface area contributed by atoms with Gasteiger partial charge < -0.3 is 5.11 Å². The summed E-state index contributed by atoms with van der Waals surface area (Å²) in [6.45, 7) is 1.77. The smallest absolute Gasteiger partial charge is 0.284 e. The van der Waals surface area contributed by atoms with Gasteiger partial charge in [-0.3, -0.25) is 10.1 Å². The number of hydrogen-bond acceptors (Lipinski definition) is 4. The number of thioether (sulfide) groups is 1. The highest BCUT2D eigenvalue weighted by atomic mass is 35.5. The molecule has 1 unspecified atom stereocenters. The topological polar surface area (TPSA) is 63.4 Å². The summed E-state index contributed by atoms with van der Waals surface area (Å²) in [7, 11) is 0. The molecule has 1 atom stereocenters. The fourth-order valence-electron chi connectivity index (χ4n) is 0.987. The minimum atomic E-state index is -0.474. The quantitative estimate of drug-likeness (QED) is 0.505. The Morgan fingerprint density at radius 2 is 2.33 bits per heavy atom. The second-order valence-corrected chi connectivity index (χ2v) is 4.90. The van der Waals surface area contributed by atoms with Crippen molar-refractivity contribution in [3.63, 3.8) is 0 Å². The van der Waals surface area contributed by atoms with Crippen molar-refractivity contribution in [1.29, 1.82) is 0 Å². The van der Waals surface area contributed by atoms with Gasteiger partial charge in [0.2, 0.25) is 0 Å². The van der Waals surface area contributed by atoms with Crippen LogP contribution in [0.1, 0.15) is 6.92 Å². The fraction of sp³-hybridized carbons (Fsp3) is 0.333. The number of aliphatic hydroxyl groups excluding tert-OH is 1. The number of nitro benzene ring substituents is 1. The Morgan fingerprint density at radius 3 is 2.87 bits per heavy atom. The largest absolute Gasteiger partial charge is 0.395 e. The lowest BCUT2D eigenvalue weighted by Crippen LogP contribution is -2.02. The Morgan fingerprint density at radius 1 is 1.67 bits per heavy atom. The van der Waals surface area contributed by atoms with Gasteiger partial charge in [-0.15, -0.1) is 11.8 Å². The van der Waals surface area contributed by atoms with Crippen LogP contribution in [0.5, 0.6) is 0 Å². The minimum Gasteiger partial charge on any atom is -0.395 e. The Hall–Kier alpha value is -0.780. The summed E-state index contributed by atoms with van der Waals surface area (Å²) in [6.07, 6.45) is 0. The second kappa shape index (κ2) is 5.34. The molecule has 0 amide bonds. The van der Waals surface area contributed by atoms with Crippen molar-refractivity contribution in [2.75, 3.05) is 6.61 Å². The van der Waals surface area contributed by atoms with Crippen LogP contribution in [-0.2, 0) is 0 Å². The van der Waals surface area contributed by atoms with Crippen molar-refractivity contribution in [3.05, 3.63) is 33.3 Å². The molecule has 6 heteroatoms. The van der Waals surface area contributed by atoms with E-state index in [1.54, 1.807) is 19.1 Å². The van der Waals surface area contributed by atoms with Gasteiger partial charge in [0, 0.05) is 16.3 Å². The van der Waals surface area contributed by atoms with Crippen LogP contribution in [-0.4, -0.2) is 21.9 Å². The average molecular weight is 248 g/mol. The van der Waals surface area contributed by atoms with Gasteiger partial charge in [0.05, 0.1) is 16.4 Å². The fourth-order valence-corrected chi connectivity index (χ4v) is 2.06. The molecule has 0 aliphatic carbocycles. The van der Waals surface area contributed by atoms with Gasteiger partial charge in [0.15, 0.2) is 0 Å². The molecule has 0 fully saturated rings. The summed E-state index contributed by atoms with van der Waals surface area (Å²) in [5, 5.41) is 19.8. The predicted molar refractivity (Wildman–Crippen MR) is 60.5 cm³/mol. The molecular formula is C9H10ClNO3S. The van der Waals surface area contributed by atoms with Crippen LogP contribution in [0, 0.1) is 10.1 Å². The average Bonchev–Trinajstić information content (AvgIpc) is 2.20. The number of nitro groups is 1. The van der Waals surface area contributed by atoms with Crippen LogP contribution < -0.4 is 0 Å². The van der Waals surface area contributed by atoms with Crippen LogP contribution >= 0.6 is 23.4 Å². The molecule has 0 saturated carbocycles. The maximum atomic E-state index is 10.7. The summed E-state index contributed by atoms with van der Waals surface area (Å²) in [6, 6.07) is 4.51. The van der Waals surface area contributed by atoms with Gasteiger partial charge in [0.25, 0.3) is 5.69 Å². The molecule has 1 N–H and O–H groups in total. The molecule has 0 saturated heterocycles. The normalized spacial score (nSPS) is 12.5. The van der Waals surface area contributed by atoms with Gasteiger partial charge in [-0.05, 0) is 12.1 Å². The van der Waals surface area contributed by atoms with Crippen molar-refractivity contribution in [3.8, 4) is 0 Å². The van der Waals surface area contributed by atoms with Gasteiger partial charge >= 0.3 is 0 Å². The lowest BCUT2D eigenvalue weighted by molar-refractivity contribution is -0.387. The molecule has 0 aromatic heterocycles. The van der Waals surface area contributed by atoms with Crippen LogP contribution in [0.2, 0.25) is 5.02 Å². The predicted octanol–water partition coefficient (Wildman–Crippen LogP) is 2.72. The van der Waals surface area contributed by atoms with Crippen molar-refractivity contribution >= 4 is 29.1 Å². The van der Waals surface area contributed by atoms with E-state index in [-0.39, 0.29) is 17.5 Å². The third-order valence-corrected chi connectivity index (χ3v) is 3.09. The summed E-state index contributed by atoms with van der Waals surface area (Å²) in [5.41, 5.74) is -0.0206. The van der Waals surface area contributed by atoms with Crippen LogP contribution in [0.25, 0.3) is 0 Å². The number of halogens is 1. The van der Waals surface area contributed by atoms with E-state index in [0.717, 1.165) is 0 Å². The summed E-state index contributed by atoms with van der Waals surface area (Å²) < 4.78 is 0. The third kappa shape index (κ3) is 3.37. The third-order valence-electron chi connectivity index (χ3n) is 1.70. The van der Waals surface area contributed by atoms with Crippen molar-refractivity contribution < 1.29 is 10.0 Å². The molecule has 0 spiro atoms. The van der Waals surface area contributed by atoms with Crippen LogP contribution in [0.3, 0.4) is 0 Å². The van der Waals surface area contributed by atoms with E-state index in [9.17, 15) is 10.1 Å². The lowest BCUT2D eigenvalue weighted by atomic mass is 10.3. The molecule has 1 aromatic carbocycles. The molecule has 4 nitrogen and oxygen atoms in total. The van der Waals surface area contributed by atoms with E-state index < -0.39 is 4.92 Å². The highest BCUT2D eigenvalue weighted by Crippen LogP contribution is 2.33. The minimum absolute atomic E-state index is 0.0206. The zero-order valence-corrected chi connectivity index (χ0v) is 9.59. The maximum absolute atomic E-state index is 10.7. The number of aliphatic hydroxyl groups is 1. The first-order valence-corrected chi connectivity index (χ1v) is 5.52. The van der Waals surface area contributed by atoms with Crippen molar-refractivity contribution in [2.24, 2.45) is 0 Å². The number of nitrogens with zero attached hydrogens (tertiary/aromatic N) is 1. The Labute approximate surface area is 96.4 Å². The molecule has 0 aliphatic heterocycles. The molecule has 0 bridgehead atoms. The first-order valence-electron chi connectivity index (χ1n) is 4.26. The van der Waals surface area contributed by atoms with Crippen molar-refractivity contribution in [1.82, 2.24) is 0 Å². The Balaban J connectivity index is 3.01. The second-order valence-electron chi connectivity index (χ2n) is 2.98. The van der Waals surface area contributed by atoms with Crippen LogP contribution in [0.15, 0.2) is 23.1 Å². The molecule has 15 heavy (non-hydrogen) atoms. The van der Waals surface area contributed by atoms with E-state index in [1.807, 2.05) is 0 Å².